The molecule has 8 heteroatoms. The van der Waals surface area contributed by atoms with Gasteiger partial charge in [-0.15, -0.1) is 0 Å². The van der Waals surface area contributed by atoms with Crippen molar-refractivity contribution >= 4 is 35.3 Å². The van der Waals surface area contributed by atoms with Crippen LogP contribution in [-0.2, 0) is 41.5 Å². The van der Waals surface area contributed by atoms with E-state index in [4.69, 9.17) is 18.9 Å². The Balaban J connectivity index is 1.83. The molecule has 0 atom stereocenters. The van der Waals surface area contributed by atoms with Crippen LogP contribution in [-0.4, -0.2) is 43.5 Å². The third kappa shape index (κ3) is 9.93. The first-order chi connectivity index (χ1) is 21.0. The fourth-order valence-electron chi connectivity index (χ4n) is 4.41. The maximum atomic E-state index is 13.2. The van der Waals surface area contributed by atoms with Crippen LogP contribution in [0.25, 0.3) is 11.6 Å². The molecule has 2 aromatic rings. The first-order valence-electron chi connectivity index (χ1n) is 14.6. The number of esters is 3. The molecule has 0 aliphatic carbocycles. The Morgan fingerprint density at radius 3 is 1.91 bits per heavy atom. The molecule has 2 aromatic carbocycles. The third-order valence-electron chi connectivity index (χ3n) is 6.79. The number of ketones is 1. The Hall–Kier alpha value is -4.72. The molecule has 0 bridgehead atoms. The van der Waals surface area contributed by atoms with E-state index in [1.165, 1.54) is 0 Å². The SMILES string of the molecule is C=C(C)C(=O)OCCCCc1cc2c(c(CCCCOC(=O)C(=C)C)c1)OCC(=O)C(c1ccc(OC(=O)C(=C)C)cc1)=C2. The van der Waals surface area contributed by atoms with Gasteiger partial charge < -0.3 is 18.9 Å². The van der Waals surface area contributed by atoms with Crippen LogP contribution in [0.1, 0.15) is 68.7 Å². The van der Waals surface area contributed by atoms with E-state index in [0.29, 0.717) is 59.7 Å². The summed E-state index contributed by atoms with van der Waals surface area (Å²) in [5.74, 6) is -0.491. The second-order valence-electron chi connectivity index (χ2n) is 10.9. The van der Waals surface area contributed by atoms with Crippen molar-refractivity contribution in [1.29, 1.82) is 0 Å². The largest absolute Gasteiger partial charge is 0.485 e. The summed E-state index contributed by atoms with van der Waals surface area (Å²) in [5, 5.41) is 0. The summed E-state index contributed by atoms with van der Waals surface area (Å²) in [5.41, 5.74) is 5.00. The topological polar surface area (TPSA) is 105 Å². The number of carbonyl (C=O) groups excluding carboxylic acids is 4. The van der Waals surface area contributed by atoms with E-state index in [9.17, 15) is 19.2 Å². The molecule has 232 valence electrons. The standard InChI is InChI=1S/C36H40O8/c1-23(2)34(38)41-17-9-7-11-26-19-28(12-8-10-18-42-35(39)24(3)4)33-29(20-26)21-31(32(37)22-43-33)27-13-15-30(16-14-27)44-36(40)25(5)6/h13-16,19-21H,1,3,5,7-12,17-18,22H2,2,4,6H3. The average molecular weight is 601 g/mol. The highest BCUT2D eigenvalue weighted by Crippen LogP contribution is 2.35. The number of carbonyl (C=O) groups is 4. The van der Waals surface area contributed by atoms with E-state index in [2.05, 4.69) is 25.8 Å². The van der Waals surface area contributed by atoms with Gasteiger partial charge in [-0.25, -0.2) is 14.4 Å². The summed E-state index contributed by atoms with van der Waals surface area (Å²) >= 11 is 0. The number of Topliss-reactive ketones (excluding diaryl/α,β-unsaturated/α-hetero) is 1. The molecule has 1 aliphatic rings. The lowest BCUT2D eigenvalue weighted by Crippen LogP contribution is -2.12. The molecule has 44 heavy (non-hydrogen) atoms. The fraction of sp³-hybridized carbons (Fsp3) is 0.333. The van der Waals surface area contributed by atoms with E-state index in [0.717, 1.165) is 36.0 Å². The van der Waals surface area contributed by atoms with E-state index >= 15 is 0 Å². The molecule has 0 fully saturated rings. The number of hydrogen-bond donors (Lipinski definition) is 0. The van der Waals surface area contributed by atoms with Gasteiger partial charge in [0.15, 0.2) is 6.61 Å². The second-order valence-corrected chi connectivity index (χ2v) is 10.9. The van der Waals surface area contributed by atoms with Crippen molar-refractivity contribution < 1.29 is 38.1 Å². The predicted molar refractivity (Wildman–Crippen MR) is 169 cm³/mol. The van der Waals surface area contributed by atoms with Crippen molar-refractivity contribution in [3.8, 4) is 11.5 Å². The molecule has 0 unspecified atom stereocenters. The van der Waals surface area contributed by atoms with E-state index in [1.54, 1.807) is 45.0 Å². The van der Waals surface area contributed by atoms with Gasteiger partial charge in [-0.2, -0.15) is 0 Å². The smallest absolute Gasteiger partial charge is 0.338 e. The Bertz CT molecular complexity index is 1480. The van der Waals surface area contributed by atoms with E-state index in [1.807, 2.05) is 12.1 Å². The maximum Gasteiger partial charge on any atom is 0.338 e. The van der Waals surface area contributed by atoms with Gasteiger partial charge in [0.1, 0.15) is 11.5 Å². The van der Waals surface area contributed by atoms with Crippen molar-refractivity contribution in [3.05, 3.63) is 95.1 Å². The number of benzene rings is 2. The van der Waals surface area contributed by atoms with Crippen molar-refractivity contribution in [2.75, 3.05) is 19.8 Å². The van der Waals surface area contributed by atoms with Crippen LogP contribution in [0.15, 0.2) is 72.9 Å². The molecule has 0 aromatic heterocycles. The quantitative estimate of drug-likeness (QED) is 0.0981. The molecule has 0 amide bonds. The highest BCUT2D eigenvalue weighted by atomic mass is 16.5. The number of unbranched alkanes of at least 4 members (excludes halogenated alkanes) is 2. The van der Waals surface area contributed by atoms with Crippen molar-refractivity contribution in [1.82, 2.24) is 0 Å². The van der Waals surface area contributed by atoms with Crippen LogP contribution in [0.2, 0.25) is 0 Å². The zero-order valence-electron chi connectivity index (χ0n) is 25.8. The molecular weight excluding hydrogens is 560 g/mol. The zero-order valence-corrected chi connectivity index (χ0v) is 25.8. The number of aryl methyl sites for hydroxylation is 2. The molecular formula is C36H40O8. The molecule has 0 radical (unpaired) electrons. The zero-order chi connectivity index (χ0) is 32.2. The highest BCUT2D eigenvalue weighted by molar-refractivity contribution is 6.26. The second kappa shape index (κ2) is 16.2. The number of rotatable bonds is 15. The van der Waals surface area contributed by atoms with Gasteiger partial charge >= 0.3 is 17.9 Å². The molecule has 0 spiro atoms. The number of ether oxygens (including phenoxy) is 4. The number of hydrogen-bond acceptors (Lipinski definition) is 8. The minimum Gasteiger partial charge on any atom is -0.485 e. The lowest BCUT2D eigenvalue weighted by Gasteiger charge is -2.15. The number of fused-ring (bicyclic) bond motifs is 1. The van der Waals surface area contributed by atoms with Crippen molar-refractivity contribution in [2.24, 2.45) is 0 Å². The average Bonchev–Trinajstić information content (AvgIpc) is 3.15. The van der Waals surface area contributed by atoms with Crippen LogP contribution in [0, 0.1) is 0 Å². The summed E-state index contributed by atoms with van der Waals surface area (Å²) < 4.78 is 21.8. The predicted octanol–water partition coefficient (Wildman–Crippen LogP) is 6.55. The van der Waals surface area contributed by atoms with Crippen LogP contribution in [0.3, 0.4) is 0 Å². The van der Waals surface area contributed by atoms with Crippen LogP contribution in [0.5, 0.6) is 11.5 Å². The monoisotopic (exact) mass is 600 g/mol. The summed E-state index contributed by atoms with van der Waals surface area (Å²) in [7, 11) is 0. The first-order valence-corrected chi connectivity index (χ1v) is 14.6. The molecule has 8 nitrogen and oxygen atoms in total. The van der Waals surface area contributed by atoms with Crippen LogP contribution in [0.4, 0.5) is 0 Å². The molecule has 3 rings (SSSR count). The minimum atomic E-state index is -0.521. The fourth-order valence-corrected chi connectivity index (χ4v) is 4.41. The van der Waals surface area contributed by atoms with E-state index < -0.39 is 17.9 Å². The Morgan fingerprint density at radius 2 is 1.34 bits per heavy atom. The minimum absolute atomic E-state index is 0.123. The highest BCUT2D eigenvalue weighted by Gasteiger charge is 2.22. The van der Waals surface area contributed by atoms with Crippen LogP contribution >= 0.6 is 0 Å². The van der Waals surface area contributed by atoms with Gasteiger partial charge in [-0.1, -0.05) is 37.9 Å². The normalized spacial score (nSPS) is 12.2. The Morgan fingerprint density at radius 1 is 0.773 bits per heavy atom. The Kier molecular flexibility index (Phi) is 12.4. The van der Waals surface area contributed by atoms with Crippen LogP contribution < -0.4 is 9.47 Å². The van der Waals surface area contributed by atoms with Gasteiger partial charge in [-0.05, 0) is 100 Å². The third-order valence-corrected chi connectivity index (χ3v) is 6.79. The lowest BCUT2D eigenvalue weighted by molar-refractivity contribution is -0.139. The van der Waals surface area contributed by atoms with Gasteiger partial charge in [0.25, 0.3) is 0 Å². The van der Waals surface area contributed by atoms with Crippen molar-refractivity contribution in [3.63, 3.8) is 0 Å². The first kappa shape index (κ1) is 33.8. The summed E-state index contributed by atoms with van der Waals surface area (Å²) in [6.45, 7) is 16.1. The van der Waals surface area contributed by atoms with E-state index in [-0.39, 0.29) is 24.6 Å². The molecule has 0 saturated carbocycles. The lowest BCUT2D eigenvalue weighted by atomic mass is 9.94. The summed E-state index contributed by atoms with van der Waals surface area (Å²) in [6, 6.07) is 10.9. The van der Waals surface area contributed by atoms with Gasteiger partial charge in [0.2, 0.25) is 5.78 Å². The molecule has 1 heterocycles. The van der Waals surface area contributed by atoms with Crippen molar-refractivity contribution in [2.45, 2.75) is 59.3 Å². The molecule has 0 saturated heterocycles. The van der Waals surface area contributed by atoms with Gasteiger partial charge in [0, 0.05) is 27.9 Å². The molecule has 0 N–H and O–H groups in total. The maximum absolute atomic E-state index is 13.2. The molecule has 1 aliphatic heterocycles. The summed E-state index contributed by atoms with van der Waals surface area (Å²) in [6.07, 6.45) is 6.13. The van der Waals surface area contributed by atoms with Gasteiger partial charge in [0.05, 0.1) is 13.2 Å². The summed E-state index contributed by atoms with van der Waals surface area (Å²) in [4.78, 5) is 48.5. The Labute approximate surface area is 259 Å². The van der Waals surface area contributed by atoms with Gasteiger partial charge in [-0.3, -0.25) is 4.79 Å².